The number of phenols is 1. The summed E-state index contributed by atoms with van der Waals surface area (Å²) < 4.78 is 0. The number of hydrogen-bond acceptors (Lipinski definition) is 1. The fourth-order valence-electron chi connectivity index (χ4n) is 1.56. The summed E-state index contributed by atoms with van der Waals surface area (Å²) in [4.78, 5) is 0. The number of hydrogen-bond donors (Lipinski definition) is 1. The molecule has 1 rings (SSSR count). The van der Waals surface area contributed by atoms with Gasteiger partial charge in [-0.15, -0.1) is 0 Å². The molecule has 1 aromatic rings. The van der Waals surface area contributed by atoms with Crippen LogP contribution in [0.1, 0.15) is 31.4 Å². The Kier molecular flexibility index (Phi) is 4.24. The molecule has 0 saturated carbocycles. The van der Waals surface area contributed by atoms with Crippen LogP contribution >= 0.6 is 0 Å². The van der Waals surface area contributed by atoms with Crippen LogP contribution in [-0.4, -0.2) is 5.11 Å². The molecular weight excluding hydrogens is 172 g/mol. The molecule has 0 amide bonds. The third-order valence-corrected chi connectivity index (χ3v) is 2.28. The molecule has 0 heterocycles. The zero-order valence-electron chi connectivity index (χ0n) is 8.96. The van der Waals surface area contributed by atoms with Gasteiger partial charge in [0.2, 0.25) is 0 Å². The number of benzene rings is 1. The molecule has 0 aliphatic rings. The van der Waals surface area contributed by atoms with E-state index in [2.05, 4.69) is 13.0 Å². The van der Waals surface area contributed by atoms with E-state index in [4.69, 9.17) is 0 Å². The Labute approximate surface area is 86.1 Å². The summed E-state index contributed by atoms with van der Waals surface area (Å²) in [6, 6.07) is 5.66. The van der Waals surface area contributed by atoms with Crippen molar-refractivity contribution in [2.45, 2.75) is 33.1 Å². The molecule has 0 saturated heterocycles. The lowest BCUT2D eigenvalue weighted by molar-refractivity contribution is 0.474. The second kappa shape index (κ2) is 5.48. The molecule has 76 valence electrons. The average Bonchev–Trinajstić information content (AvgIpc) is 2.18. The number of allylic oxidation sites excluding steroid dienone is 2. The maximum absolute atomic E-state index is 9.38. The third kappa shape index (κ3) is 2.91. The van der Waals surface area contributed by atoms with Gasteiger partial charge in [0.05, 0.1) is 0 Å². The second-order valence-electron chi connectivity index (χ2n) is 3.48. The highest BCUT2D eigenvalue weighted by atomic mass is 16.3. The molecule has 0 atom stereocenters. The zero-order valence-corrected chi connectivity index (χ0v) is 8.96. The largest absolute Gasteiger partial charge is 0.508 e. The van der Waals surface area contributed by atoms with Gasteiger partial charge in [0.25, 0.3) is 0 Å². The lowest BCUT2D eigenvalue weighted by atomic mass is 10.0. The van der Waals surface area contributed by atoms with E-state index in [1.54, 1.807) is 6.07 Å². The van der Waals surface area contributed by atoms with Gasteiger partial charge in [-0.25, -0.2) is 0 Å². The highest BCUT2D eigenvalue weighted by Crippen LogP contribution is 2.18. The normalized spacial score (nSPS) is 11.0. The number of aromatic hydroxyl groups is 1. The molecule has 1 heteroatoms. The van der Waals surface area contributed by atoms with E-state index in [1.807, 2.05) is 25.1 Å². The Morgan fingerprint density at radius 2 is 2.07 bits per heavy atom. The van der Waals surface area contributed by atoms with Crippen molar-refractivity contribution in [2.75, 3.05) is 0 Å². The minimum absolute atomic E-state index is 0.365. The van der Waals surface area contributed by atoms with Crippen LogP contribution in [0.3, 0.4) is 0 Å². The van der Waals surface area contributed by atoms with Crippen LogP contribution < -0.4 is 0 Å². The van der Waals surface area contributed by atoms with Crippen LogP contribution in [0.4, 0.5) is 0 Å². The minimum Gasteiger partial charge on any atom is -0.508 e. The van der Waals surface area contributed by atoms with Crippen molar-refractivity contribution in [3.05, 3.63) is 41.5 Å². The standard InChI is InChI=1S/C13H18O/c1-3-5-7-12-10-13(14)9-8-11(12)6-4-2/h3,5,8-10,14H,4,6-7H2,1-2H3. The fraction of sp³-hybridized carbons (Fsp3) is 0.385. The molecule has 1 N–H and O–H groups in total. The molecule has 0 aliphatic carbocycles. The van der Waals surface area contributed by atoms with Crippen molar-refractivity contribution in [3.63, 3.8) is 0 Å². The van der Waals surface area contributed by atoms with E-state index in [1.165, 1.54) is 11.1 Å². The molecule has 1 aromatic carbocycles. The van der Waals surface area contributed by atoms with Gasteiger partial charge in [-0.1, -0.05) is 31.6 Å². The van der Waals surface area contributed by atoms with Gasteiger partial charge in [0.15, 0.2) is 0 Å². The summed E-state index contributed by atoms with van der Waals surface area (Å²) in [5, 5.41) is 9.38. The number of phenolic OH excluding ortho intramolecular Hbond substituents is 1. The molecule has 0 spiro atoms. The Hall–Kier alpha value is -1.24. The van der Waals surface area contributed by atoms with E-state index in [9.17, 15) is 5.11 Å². The number of rotatable bonds is 4. The van der Waals surface area contributed by atoms with Crippen molar-refractivity contribution < 1.29 is 5.11 Å². The molecule has 0 fully saturated rings. The predicted octanol–water partition coefficient (Wildman–Crippen LogP) is 3.46. The maximum atomic E-state index is 9.38. The average molecular weight is 190 g/mol. The van der Waals surface area contributed by atoms with Gasteiger partial charge in [0.1, 0.15) is 5.75 Å². The Balaban J connectivity index is 2.90. The van der Waals surface area contributed by atoms with Crippen LogP contribution in [-0.2, 0) is 12.8 Å². The van der Waals surface area contributed by atoms with Gasteiger partial charge < -0.3 is 5.11 Å². The van der Waals surface area contributed by atoms with Crippen LogP contribution in [0, 0.1) is 0 Å². The van der Waals surface area contributed by atoms with Crippen molar-refractivity contribution in [2.24, 2.45) is 0 Å². The Morgan fingerprint density at radius 1 is 1.29 bits per heavy atom. The highest BCUT2D eigenvalue weighted by molar-refractivity contribution is 5.36. The second-order valence-corrected chi connectivity index (χ2v) is 3.48. The molecule has 14 heavy (non-hydrogen) atoms. The first-order chi connectivity index (χ1) is 6.77. The summed E-state index contributed by atoms with van der Waals surface area (Å²) in [5.41, 5.74) is 2.59. The minimum atomic E-state index is 0.365. The first kappa shape index (κ1) is 10.8. The monoisotopic (exact) mass is 190 g/mol. The van der Waals surface area contributed by atoms with Gasteiger partial charge in [0, 0.05) is 0 Å². The summed E-state index contributed by atoms with van der Waals surface area (Å²) in [5.74, 6) is 0.365. The Bertz CT molecular complexity index is 313. The van der Waals surface area contributed by atoms with Crippen LogP contribution in [0.2, 0.25) is 0 Å². The van der Waals surface area contributed by atoms with Gasteiger partial charge in [-0.3, -0.25) is 0 Å². The van der Waals surface area contributed by atoms with Gasteiger partial charge in [-0.05, 0) is 43.0 Å². The van der Waals surface area contributed by atoms with E-state index >= 15 is 0 Å². The maximum Gasteiger partial charge on any atom is 0.115 e. The molecular formula is C13H18O. The summed E-state index contributed by atoms with van der Waals surface area (Å²) in [7, 11) is 0. The topological polar surface area (TPSA) is 20.2 Å². The molecule has 0 aromatic heterocycles. The summed E-state index contributed by atoms with van der Waals surface area (Å²) in [6.45, 7) is 4.19. The smallest absolute Gasteiger partial charge is 0.115 e. The summed E-state index contributed by atoms with van der Waals surface area (Å²) in [6.07, 6.45) is 7.31. The molecule has 0 radical (unpaired) electrons. The highest BCUT2D eigenvalue weighted by Gasteiger charge is 2.01. The molecule has 0 aliphatic heterocycles. The van der Waals surface area contributed by atoms with Crippen molar-refractivity contribution in [3.8, 4) is 5.75 Å². The fourth-order valence-corrected chi connectivity index (χ4v) is 1.56. The predicted molar refractivity (Wildman–Crippen MR) is 60.6 cm³/mol. The number of aryl methyl sites for hydroxylation is 1. The van der Waals surface area contributed by atoms with Gasteiger partial charge in [-0.2, -0.15) is 0 Å². The van der Waals surface area contributed by atoms with E-state index in [0.717, 1.165) is 19.3 Å². The van der Waals surface area contributed by atoms with Crippen molar-refractivity contribution in [1.82, 2.24) is 0 Å². The van der Waals surface area contributed by atoms with Crippen LogP contribution in [0.5, 0.6) is 5.75 Å². The van der Waals surface area contributed by atoms with Gasteiger partial charge >= 0.3 is 0 Å². The van der Waals surface area contributed by atoms with E-state index in [-0.39, 0.29) is 0 Å². The SMILES string of the molecule is CC=CCc1cc(O)ccc1CCC. The first-order valence-electron chi connectivity index (χ1n) is 5.19. The summed E-state index contributed by atoms with van der Waals surface area (Å²) >= 11 is 0. The van der Waals surface area contributed by atoms with E-state index in [0.29, 0.717) is 5.75 Å². The lowest BCUT2D eigenvalue weighted by Gasteiger charge is -2.07. The van der Waals surface area contributed by atoms with Crippen LogP contribution in [0.15, 0.2) is 30.4 Å². The zero-order chi connectivity index (χ0) is 10.4. The third-order valence-electron chi connectivity index (χ3n) is 2.28. The van der Waals surface area contributed by atoms with Crippen LogP contribution in [0.25, 0.3) is 0 Å². The molecule has 1 nitrogen and oxygen atoms in total. The first-order valence-corrected chi connectivity index (χ1v) is 5.19. The quantitative estimate of drug-likeness (QED) is 0.721. The molecule has 0 bridgehead atoms. The van der Waals surface area contributed by atoms with E-state index < -0.39 is 0 Å². The van der Waals surface area contributed by atoms with Crippen molar-refractivity contribution >= 4 is 0 Å². The molecule has 0 unspecified atom stereocenters. The van der Waals surface area contributed by atoms with Crippen molar-refractivity contribution in [1.29, 1.82) is 0 Å². The lowest BCUT2D eigenvalue weighted by Crippen LogP contribution is -1.92. The Morgan fingerprint density at radius 3 is 2.71 bits per heavy atom.